The number of hydrogen-bond acceptors (Lipinski definition) is 5. The fourth-order valence-electron chi connectivity index (χ4n) is 14.4. The maximum absolute atomic E-state index is 7.71. The lowest BCUT2D eigenvalue weighted by molar-refractivity contribution is 0.588. The summed E-state index contributed by atoms with van der Waals surface area (Å²) in [5.41, 5.74) is 24.5. The highest BCUT2D eigenvalue weighted by Gasteiger charge is 2.55. The lowest BCUT2D eigenvalue weighted by Crippen LogP contribution is -2.26. The van der Waals surface area contributed by atoms with Crippen molar-refractivity contribution in [2.24, 2.45) is 0 Å². The summed E-state index contributed by atoms with van der Waals surface area (Å²) in [7, 11) is 0. The van der Waals surface area contributed by atoms with E-state index >= 15 is 0 Å². The van der Waals surface area contributed by atoms with Crippen molar-refractivity contribution in [2.45, 2.75) is 5.41 Å². The minimum absolute atomic E-state index is 0.816. The summed E-state index contributed by atoms with van der Waals surface area (Å²) >= 11 is 0. The second-order valence-electron chi connectivity index (χ2n) is 23.1. The third-order valence-electron chi connectivity index (χ3n) is 18.3. The van der Waals surface area contributed by atoms with Gasteiger partial charge in [0.25, 0.3) is 0 Å². The number of hydrogen-bond donors (Lipinski definition) is 0. The van der Waals surface area contributed by atoms with Gasteiger partial charge in [-0.2, -0.15) is 0 Å². The van der Waals surface area contributed by atoms with Crippen LogP contribution in [0.25, 0.3) is 111 Å². The van der Waals surface area contributed by atoms with Gasteiger partial charge < -0.3 is 23.1 Å². The molecule has 0 aliphatic heterocycles. The zero-order valence-corrected chi connectivity index (χ0v) is 47.6. The standard InChI is InChI=1S/C83H52N2O3/c1-4-19-53(20-5-1)55-35-39-59(40-36-55)84(63-43-46-69-67-29-12-16-33-75(67)86-77(69)51-63)61-26-18-25-58(49-61)82-80-79(81(88-82)57-23-8-3-9-24-57)71-48-45-62(50-74(71)83(80)72-31-14-10-27-65(72)66-28-11-15-32-73(66)83)85(60-41-37-56(38-42-60)54-21-6-2-7-22-54)64-44-47-70-68-30-13-17-34-76(68)87-78(70)52-64/h1-52H. The highest BCUT2D eigenvalue weighted by atomic mass is 16.3. The molecule has 88 heavy (non-hydrogen) atoms. The van der Waals surface area contributed by atoms with Crippen molar-refractivity contribution in [1.82, 2.24) is 0 Å². The summed E-state index contributed by atoms with van der Waals surface area (Å²) in [5.74, 6) is 1.65. The third kappa shape index (κ3) is 7.60. The summed E-state index contributed by atoms with van der Waals surface area (Å²) in [6.07, 6.45) is 0. The molecule has 0 atom stereocenters. The Labute approximate surface area is 508 Å². The van der Waals surface area contributed by atoms with Crippen LogP contribution in [-0.4, -0.2) is 0 Å². The number of rotatable bonds is 10. The molecule has 16 aromatic rings. The Morgan fingerprint density at radius 2 is 0.636 bits per heavy atom. The van der Waals surface area contributed by atoms with E-state index in [1.54, 1.807) is 0 Å². The molecule has 0 bridgehead atoms. The molecule has 3 aromatic heterocycles. The summed E-state index contributed by atoms with van der Waals surface area (Å²) < 4.78 is 20.9. The number of furan rings is 3. The fourth-order valence-corrected chi connectivity index (χ4v) is 14.4. The van der Waals surface area contributed by atoms with Gasteiger partial charge in [0.05, 0.1) is 5.41 Å². The van der Waals surface area contributed by atoms with Crippen LogP contribution in [0.15, 0.2) is 329 Å². The number of fused-ring (bicyclic) bond motifs is 16. The molecule has 13 aromatic carbocycles. The summed E-state index contributed by atoms with van der Waals surface area (Å²) in [6, 6.07) is 114. The predicted molar refractivity (Wildman–Crippen MR) is 361 cm³/mol. The molecule has 1 spiro atoms. The van der Waals surface area contributed by atoms with E-state index in [0.717, 1.165) is 128 Å². The van der Waals surface area contributed by atoms with Gasteiger partial charge in [0.15, 0.2) is 0 Å². The minimum atomic E-state index is -0.819. The molecular weight excluding hydrogens is 1070 g/mol. The molecule has 5 heteroatoms. The smallest absolute Gasteiger partial charge is 0.142 e. The van der Waals surface area contributed by atoms with Gasteiger partial charge in [-0.25, -0.2) is 0 Å². The zero-order valence-electron chi connectivity index (χ0n) is 47.6. The molecular formula is C83H52N2O3. The summed E-state index contributed by atoms with van der Waals surface area (Å²) in [6.45, 7) is 0. The van der Waals surface area contributed by atoms with Gasteiger partial charge in [-0.15, -0.1) is 0 Å². The Balaban J connectivity index is 0.869. The Morgan fingerprint density at radius 3 is 1.18 bits per heavy atom. The average Bonchev–Trinajstić information content (AvgIpc) is 1.50. The third-order valence-corrected chi connectivity index (χ3v) is 18.3. The first-order valence-electron chi connectivity index (χ1n) is 30.0. The SMILES string of the molecule is c1ccc(-c2ccc(N(c3cccc(-c4oc(-c5ccccc5)c5c4C4(c6ccccc6-c6ccccc64)c4cc(N(c6ccc(-c7ccccc7)cc6)c6ccc7c(c6)oc6ccccc67)ccc4-5)c3)c3ccc4c(c3)oc3ccccc34)cc2)cc1. The first kappa shape index (κ1) is 49.7. The molecule has 0 N–H and O–H groups in total. The first-order chi connectivity index (χ1) is 43.6. The molecule has 3 heterocycles. The molecule has 0 fully saturated rings. The molecule has 0 amide bonds. The normalized spacial score (nSPS) is 12.6. The Bertz CT molecular complexity index is 5340. The monoisotopic (exact) mass is 1120 g/mol. The molecule has 2 aliphatic carbocycles. The minimum Gasteiger partial charge on any atom is -0.456 e. The van der Waals surface area contributed by atoms with Gasteiger partial charge in [-0.05, 0) is 141 Å². The predicted octanol–water partition coefficient (Wildman–Crippen LogP) is 23.0. The van der Waals surface area contributed by atoms with Crippen molar-refractivity contribution in [3.8, 4) is 67.2 Å². The Kier molecular flexibility index (Phi) is 11.1. The van der Waals surface area contributed by atoms with Crippen LogP contribution in [0.5, 0.6) is 0 Å². The van der Waals surface area contributed by atoms with Crippen LogP contribution >= 0.6 is 0 Å². The molecule has 5 nitrogen and oxygen atoms in total. The summed E-state index contributed by atoms with van der Waals surface area (Å²) in [5, 5.41) is 4.35. The number of nitrogens with zero attached hydrogens (tertiary/aromatic N) is 2. The van der Waals surface area contributed by atoms with E-state index in [4.69, 9.17) is 13.3 Å². The largest absolute Gasteiger partial charge is 0.456 e. The Morgan fingerprint density at radius 1 is 0.227 bits per heavy atom. The van der Waals surface area contributed by atoms with Crippen LogP contribution in [0.2, 0.25) is 0 Å². The number of benzene rings is 13. The van der Waals surface area contributed by atoms with Gasteiger partial charge in [-0.1, -0.05) is 218 Å². The van der Waals surface area contributed by atoms with Gasteiger partial charge >= 0.3 is 0 Å². The average molecular weight is 1130 g/mol. The lowest BCUT2D eigenvalue weighted by Gasteiger charge is -2.32. The highest BCUT2D eigenvalue weighted by molar-refractivity contribution is 6.08. The van der Waals surface area contributed by atoms with Gasteiger partial charge in [0.1, 0.15) is 33.9 Å². The summed E-state index contributed by atoms with van der Waals surface area (Å²) in [4.78, 5) is 4.73. The van der Waals surface area contributed by atoms with Crippen LogP contribution in [0.1, 0.15) is 22.3 Å². The van der Waals surface area contributed by atoms with E-state index in [9.17, 15) is 0 Å². The van der Waals surface area contributed by atoms with Gasteiger partial charge in [0.2, 0.25) is 0 Å². The molecule has 0 saturated carbocycles. The highest BCUT2D eigenvalue weighted by Crippen LogP contribution is 2.67. The van der Waals surface area contributed by atoms with Crippen LogP contribution in [0, 0.1) is 0 Å². The van der Waals surface area contributed by atoms with Crippen molar-refractivity contribution in [3.63, 3.8) is 0 Å². The Hall–Kier alpha value is -11.7. The quantitative estimate of drug-likeness (QED) is 0.137. The van der Waals surface area contributed by atoms with Crippen LogP contribution in [0.3, 0.4) is 0 Å². The molecule has 2 aliphatic rings. The first-order valence-corrected chi connectivity index (χ1v) is 30.0. The molecule has 0 radical (unpaired) electrons. The van der Waals surface area contributed by atoms with Crippen molar-refractivity contribution < 1.29 is 13.3 Å². The fraction of sp³-hybridized carbons (Fsp3) is 0.0120. The van der Waals surface area contributed by atoms with Crippen LogP contribution in [0.4, 0.5) is 34.1 Å². The van der Waals surface area contributed by atoms with E-state index < -0.39 is 5.41 Å². The number of anilines is 6. The van der Waals surface area contributed by atoms with Crippen molar-refractivity contribution >= 4 is 78.0 Å². The van der Waals surface area contributed by atoms with E-state index in [1.165, 1.54) is 38.9 Å². The molecule has 0 saturated heterocycles. The maximum atomic E-state index is 7.71. The van der Waals surface area contributed by atoms with Crippen molar-refractivity contribution in [3.05, 3.63) is 338 Å². The van der Waals surface area contributed by atoms with E-state index in [0.29, 0.717) is 0 Å². The van der Waals surface area contributed by atoms with E-state index in [-0.39, 0.29) is 0 Å². The second-order valence-corrected chi connectivity index (χ2v) is 23.1. The lowest BCUT2D eigenvalue weighted by atomic mass is 9.70. The van der Waals surface area contributed by atoms with Gasteiger partial charge in [-0.3, -0.25) is 0 Å². The molecule has 0 unspecified atom stereocenters. The van der Waals surface area contributed by atoms with Crippen LogP contribution < -0.4 is 9.80 Å². The van der Waals surface area contributed by atoms with Crippen molar-refractivity contribution in [1.29, 1.82) is 0 Å². The van der Waals surface area contributed by atoms with Crippen LogP contribution in [-0.2, 0) is 5.41 Å². The maximum Gasteiger partial charge on any atom is 0.142 e. The molecule has 412 valence electrons. The van der Waals surface area contributed by atoms with Crippen molar-refractivity contribution in [2.75, 3.05) is 9.80 Å². The molecule has 18 rings (SSSR count). The van der Waals surface area contributed by atoms with E-state index in [1.807, 2.05) is 24.3 Å². The van der Waals surface area contributed by atoms with Gasteiger partial charge in [0, 0.05) is 90.1 Å². The number of para-hydroxylation sites is 2. The second kappa shape index (κ2) is 19.7. The zero-order chi connectivity index (χ0) is 57.9. The topological polar surface area (TPSA) is 45.9 Å². The van der Waals surface area contributed by atoms with E-state index in [2.05, 4.69) is 301 Å².